The lowest BCUT2D eigenvalue weighted by Gasteiger charge is -2.18. The molecule has 1 saturated heterocycles. The zero-order valence-electron chi connectivity index (χ0n) is 9.92. The van der Waals surface area contributed by atoms with Crippen molar-refractivity contribution in [2.75, 3.05) is 6.61 Å². The van der Waals surface area contributed by atoms with Gasteiger partial charge in [0, 0.05) is 12.6 Å². The Morgan fingerprint density at radius 3 is 2.60 bits per heavy atom. The Labute approximate surface area is 109 Å². The van der Waals surface area contributed by atoms with E-state index in [-0.39, 0.29) is 6.42 Å². The van der Waals surface area contributed by atoms with Gasteiger partial charge in [-0.3, -0.25) is 14.3 Å². The van der Waals surface area contributed by atoms with Crippen LogP contribution < -0.4 is 11.2 Å². The zero-order valence-corrected chi connectivity index (χ0v) is 9.92. The predicted octanol–water partition coefficient (Wildman–Crippen LogP) is -0.804. The minimum atomic E-state index is -4.94. The molecule has 1 fully saturated rings. The number of nitrogens with one attached hydrogen (secondary N) is 1. The number of aliphatic hydroxyl groups is 2. The van der Waals surface area contributed by atoms with Gasteiger partial charge < -0.3 is 14.9 Å². The molecular weight excluding hydrogens is 285 g/mol. The molecular formula is C10H11F3N2O5. The smallest absolute Gasteiger partial charge is 0.394 e. The molecule has 1 aliphatic rings. The van der Waals surface area contributed by atoms with Gasteiger partial charge in [-0.1, -0.05) is 0 Å². The summed E-state index contributed by atoms with van der Waals surface area (Å²) >= 11 is 0. The Morgan fingerprint density at radius 2 is 2.10 bits per heavy atom. The minimum Gasteiger partial charge on any atom is -0.394 e. The summed E-state index contributed by atoms with van der Waals surface area (Å²) in [4.78, 5) is 24.2. The van der Waals surface area contributed by atoms with E-state index in [2.05, 4.69) is 0 Å². The number of aliphatic hydroxyl groups excluding tert-OH is 2. The van der Waals surface area contributed by atoms with Gasteiger partial charge in [-0.15, -0.1) is 0 Å². The lowest BCUT2D eigenvalue weighted by molar-refractivity contribution is -0.140. The normalized spacial score (nSPS) is 26.9. The Bertz CT molecular complexity index is 608. The second-order valence-corrected chi connectivity index (χ2v) is 4.34. The molecule has 2 heterocycles. The largest absolute Gasteiger partial charge is 0.423 e. The van der Waals surface area contributed by atoms with E-state index in [4.69, 9.17) is 9.84 Å². The molecule has 0 radical (unpaired) electrons. The molecule has 20 heavy (non-hydrogen) atoms. The monoisotopic (exact) mass is 296 g/mol. The van der Waals surface area contributed by atoms with Gasteiger partial charge >= 0.3 is 11.9 Å². The summed E-state index contributed by atoms with van der Waals surface area (Å²) < 4.78 is 43.4. The second-order valence-electron chi connectivity index (χ2n) is 4.34. The number of aromatic nitrogens is 2. The van der Waals surface area contributed by atoms with Crippen LogP contribution in [0.3, 0.4) is 0 Å². The van der Waals surface area contributed by atoms with Crippen LogP contribution in [0.2, 0.25) is 0 Å². The quantitative estimate of drug-likeness (QED) is 0.662. The van der Waals surface area contributed by atoms with Gasteiger partial charge in [0.1, 0.15) is 11.7 Å². The average Bonchev–Trinajstić information content (AvgIpc) is 2.69. The summed E-state index contributed by atoms with van der Waals surface area (Å²) in [5.41, 5.74) is -4.27. The van der Waals surface area contributed by atoms with E-state index in [1.54, 1.807) is 0 Å². The lowest BCUT2D eigenvalue weighted by atomic mass is 10.2. The molecule has 1 aromatic heterocycles. The van der Waals surface area contributed by atoms with Crippen LogP contribution in [0.5, 0.6) is 0 Å². The van der Waals surface area contributed by atoms with Gasteiger partial charge in [0.2, 0.25) is 0 Å². The fourth-order valence-electron chi connectivity index (χ4n) is 1.97. The first-order valence-corrected chi connectivity index (χ1v) is 5.61. The van der Waals surface area contributed by atoms with Crippen LogP contribution in [-0.4, -0.2) is 38.6 Å². The fraction of sp³-hybridized carbons (Fsp3) is 0.600. The van der Waals surface area contributed by atoms with Crippen molar-refractivity contribution >= 4 is 0 Å². The number of halogens is 3. The predicted molar refractivity (Wildman–Crippen MR) is 57.9 cm³/mol. The van der Waals surface area contributed by atoms with Crippen LogP contribution in [0.4, 0.5) is 13.2 Å². The van der Waals surface area contributed by atoms with Crippen molar-refractivity contribution in [3.8, 4) is 0 Å². The topological polar surface area (TPSA) is 105 Å². The van der Waals surface area contributed by atoms with Crippen LogP contribution in [0.1, 0.15) is 18.2 Å². The molecule has 3 atom stereocenters. The molecule has 3 N–H and O–H groups in total. The maximum absolute atomic E-state index is 12.6. The highest BCUT2D eigenvalue weighted by Gasteiger charge is 2.39. The third kappa shape index (κ3) is 2.62. The van der Waals surface area contributed by atoms with E-state index < -0.39 is 48.0 Å². The van der Waals surface area contributed by atoms with Crippen LogP contribution in [0.15, 0.2) is 15.8 Å². The standard InChI is InChI=1S/C10H11F3N2O5/c11-10(12,13)5-2-15(9(19)14-7(5)18)8-6(17)1-4(3-16)20-8/h2,4,6,8,16-17H,1,3H2,(H,14,18,19)/t4-,6-,8+/m0/s1. The number of aromatic amines is 1. The number of hydrogen-bond acceptors (Lipinski definition) is 5. The number of nitrogens with zero attached hydrogens (tertiary/aromatic N) is 1. The summed E-state index contributed by atoms with van der Waals surface area (Å²) in [5.74, 6) is 0. The van der Waals surface area contributed by atoms with Crippen molar-refractivity contribution in [2.24, 2.45) is 0 Å². The lowest BCUT2D eigenvalue weighted by Crippen LogP contribution is -2.38. The van der Waals surface area contributed by atoms with Crippen LogP contribution in [0, 0.1) is 0 Å². The molecule has 0 bridgehead atoms. The Morgan fingerprint density at radius 1 is 1.45 bits per heavy atom. The van der Waals surface area contributed by atoms with Crippen molar-refractivity contribution in [3.05, 3.63) is 32.6 Å². The van der Waals surface area contributed by atoms with Gasteiger partial charge in [0.05, 0.1) is 12.7 Å². The van der Waals surface area contributed by atoms with Gasteiger partial charge in [-0.2, -0.15) is 13.2 Å². The second kappa shape index (κ2) is 5.04. The molecule has 0 amide bonds. The Kier molecular flexibility index (Phi) is 3.71. The van der Waals surface area contributed by atoms with Crippen molar-refractivity contribution in [3.63, 3.8) is 0 Å². The SMILES string of the molecule is O=c1[nH]c(=O)n([C@@H]2O[C@H](CO)C[C@@H]2O)cc1C(F)(F)F. The van der Waals surface area contributed by atoms with E-state index in [1.807, 2.05) is 0 Å². The third-order valence-corrected chi connectivity index (χ3v) is 2.92. The van der Waals surface area contributed by atoms with Gasteiger partial charge in [-0.05, 0) is 0 Å². The maximum atomic E-state index is 12.6. The highest BCUT2D eigenvalue weighted by atomic mass is 19.4. The maximum Gasteiger partial charge on any atom is 0.423 e. The summed E-state index contributed by atoms with van der Waals surface area (Å²) in [6.07, 6.45) is -8.12. The number of H-pyrrole nitrogens is 1. The molecule has 1 aliphatic heterocycles. The Balaban J connectivity index is 2.48. The fourth-order valence-corrected chi connectivity index (χ4v) is 1.97. The van der Waals surface area contributed by atoms with Crippen molar-refractivity contribution < 1.29 is 28.1 Å². The van der Waals surface area contributed by atoms with Crippen LogP contribution in [-0.2, 0) is 10.9 Å². The summed E-state index contributed by atoms with van der Waals surface area (Å²) in [7, 11) is 0. The number of ether oxygens (including phenoxy) is 1. The molecule has 1 aromatic rings. The van der Waals surface area contributed by atoms with E-state index in [0.29, 0.717) is 10.8 Å². The number of alkyl halides is 3. The molecule has 0 aromatic carbocycles. The third-order valence-electron chi connectivity index (χ3n) is 2.92. The zero-order chi connectivity index (χ0) is 15.1. The number of rotatable bonds is 2. The van der Waals surface area contributed by atoms with E-state index in [1.165, 1.54) is 4.98 Å². The average molecular weight is 296 g/mol. The molecule has 0 spiro atoms. The molecule has 10 heteroatoms. The summed E-state index contributed by atoms with van der Waals surface area (Å²) in [6, 6.07) is 0. The first-order chi connectivity index (χ1) is 9.24. The van der Waals surface area contributed by atoms with Crippen LogP contribution >= 0.6 is 0 Å². The molecule has 7 nitrogen and oxygen atoms in total. The van der Waals surface area contributed by atoms with E-state index >= 15 is 0 Å². The Hall–Kier alpha value is -1.65. The van der Waals surface area contributed by atoms with E-state index in [9.17, 15) is 27.9 Å². The molecule has 0 aliphatic carbocycles. The first-order valence-electron chi connectivity index (χ1n) is 5.61. The van der Waals surface area contributed by atoms with Gasteiger partial charge in [0.15, 0.2) is 6.23 Å². The molecule has 2 rings (SSSR count). The molecule has 0 saturated carbocycles. The number of hydrogen-bond donors (Lipinski definition) is 3. The van der Waals surface area contributed by atoms with Crippen molar-refractivity contribution in [2.45, 2.75) is 31.0 Å². The van der Waals surface area contributed by atoms with E-state index in [0.717, 1.165) is 0 Å². The van der Waals surface area contributed by atoms with Gasteiger partial charge in [-0.25, -0.2) is 4.79 Å². The highest BCUT2D eigenvalue weighted by molar-refractivity contribution is 5.09. The highest BCUT2D eigenvalue weighted by Crippen LogP contribution is 2.30. The molecule has 0 unspecified atom stereocenters. The molecule has 112 valence electrons. The summed E-state index contributed by atoms with van der Waals surface area (Å²) in [6.45, 7) is -0.447. The van der Waals surface area contributed by atoms with Crippen molar-refractivity contribution in [1.29, 1.82) is 0 Å². The minimum absolute atomic E-state index is 0.0336. The van der Waals surface area contributed by atoms with Gasteiger partial charge in [0.25, 0.3) is 5.56 Å². The first kappa shape index (κ1) is 14.8. The van der Waals surface area contributed by atoms with Crippen LogP contribution in [0.25, 0.3) is 0 Å². The van der Waals surface area contributed by atoms with Crippen molar-refractivity contribution in [1.82, 2.24) is 9.55 Å². The summed E-state index contributed by atoms with van der Waals surface area (Å²) in [5, 5.41) is 18.5.